The van der Waals surface area contributed by atoms with Gasteiger partial charge in [0.2, 0.25) is 0 Å². The molecule has 43 heavy (non-hydrogen) atoms. The van der Waals surface area contributed by atoms with Gasteiger partial charge in [-0.05, 0) is 45.2 Å². The maximum atomic E-state index is 16.5. The van der Waals surface area contributed by atoms with E-state index in [9.17, 15) is 27.6 Å². The van der Waals surface area contributed by atoms with Crippen molar-refractivity contribution >= 4 is 29.3 Å². The van der Waals surface area contributed by atoms with Crippen LogP contribution >= 0.6 is 0 Å². The van der Waals surface area contributed by atoms with Crippen molar-refractivity contribution in [1.29, 1.82) is 0 Å². The molecule has 0 bridgehead atoms. The highest BCUT2D eigenvalue weighted by atomic mass is 19.4. The summed E-state index contributed by atoms with van der Waals surface area (Å²) in [5.74, 6) is -5.15. The number of rotatable bonds is 10. The molecule has 0 radical (unpaired) electrons. The SMILES string of the molecule is COC(=O)CN(C(=O)C(F)(F)F)c1c(OCc2ccccc2)cc2c(c1F)C[C@@H](CNCC(C)C)N2C(=O)OC(C)(C)C. The average molecular weight is 612 g/mol. The largest absolute Gasteiger partial charge is 0.487 e. The molecular weight excluding hydrogens is 574 g/mol. The Morgan fingerprint density at radius 2 is 1.77 bits per heavy atom. The summed E-state index contributed by atoms with van der Waals surface area (Å²) in [5.41, 5.74) is -1.31. The molecule has 1 aliphatic rings. The van der Waals surface area contributed by atoms with Crippen molar-refractivity contribution in [2.75, 3.05) is 36.5 Å². The lowest BCUT2D eigenvalue weighted by Gasteiger charge is -2.30. The summed E-state index contributed by atoms with van der Waals surface area (Å²) in [7, 11) is 0.928. The van der Waals surface area contributed by atoms with E-state index < -0.39 is 59.6 Å². The van der Waals surface area contributed by atoms with Gasteiger partial charge in [-0.2, -0.15) is 13.2 Å². The van der Waals surface area contributed by atoms with E-state index in [4.69, 9.17) is 9.47 Å². The molecule has 9 nitrogen and oxygen atoms in total. The molecule has 0 saturated heterocycles. The second kappa shape index (κ2) is 13.6. The van der Waals surface area contributed by atoms with Crippen molar-refractivity contribution < 1.29 is 46.2 Å². The minimum Gasteiger partial charge on any atom is -0.487 e. The number of carbonyl (C=O) groups is 3. The number of hydrogen-bond donors (Lipinski definition) is 1. The Bertz CT molecular complexity index is 1310. The first-order chi connectivity index (χ1) is 20.0. The molecule has 1 heterocycles. The first-order valence-corrected chi connectivity index (χ1v) is 13.7. The Morgan fingerprint density at radius 3 is 2.33 bits per heavy atom. The van der Waals surface area contributed by atoms with Crippen LogP contribution in [0, 0.1) is 11.7 Å². The predicted octanol–water partition coefficient (Wildman–Crippen LogP) is 5.38. The maximum absolute atomic E-state index is 16.5. The van der Waals surface area contributed by atoms with Crippen molar-refractivity contribution in [1.82, 2.24) is 5.32 Å². The molecule has 2 aromatic carbocycles. The summed E-state index contributed by atoms with van der Waals surface area (Å²) in [5, 5.41) is 3.22. The molecule has 0 unspecified atom stereocenters. The molecular formula is C30H37F4N3O6. The number of ether oxygens (including phenoxy) is 3. The Balaban J connectivity index is 2.21. The van der Waals surface area contributed by atoms with E-state index in [2.05, 4.69) is 10.1 Å². The number of hydrogen-bond acceptors (Lipinski definition) is 7. The lowest BCUT2D eigenvalue weighted by molar-refractivity contribution is -0.171. The lowest BCUT2D eigenvalue weighted by atomic mass is 10.1. The fourth-order valence-corrected chi connectivity index (χ4v) is 4.53. The number of esters is 1. The molecule has 1 aliphatic heterocycles. The minimum atomic E-state index is -5.46. The summed E-state index contributed by atoms with van der Waals surface area (Å²) >= 11 is 0. The number of methoxy groups -OCH3 is 1. The molecule has 0 spiro atoms. The van der Waals surface area contributed by atoms with E-state index >= 15 is 4.39 Å². The molecule has 3 rings (SSSR count). The van der Waals surface area contributed by atoms with Crippen molar-refractivity contribution in [3.63, 3.8) is 0 Å². The van der Waals surface area contributed by atoms with Crippen LogP contribution in [-0.2, 0) is 32.1 Å². The quantitative estimate of drug-likeness (QED) is 0.285. The summed E-state index contributed by atoms with van der Waals surface area (Å²) in [6.07, 6.45) is -6.35. The fraction of sp³-hybridized carbons (Fsp3) is 0.500. The number of fused-ring (bicyclic) bond motifs is 1. The third-order valence-corrected chi connectivity index (χ3v) is 6.38. The third-order valence-electron chi connectivity index (χ3n) is 6.38. The first-order valence-electron chi connectivity index (χ1n) is 13.7. The average Bonchev–Trinajstić information content (AvgIpc) is 3.28. The Kier molecular flexibility index (Phi) is 10.7. The molecule has 0 fully saturated rings. The molecule has 13 heteroatoms. The zero-order valence-electron chi connectivity index (χ0n) is 25.0. The number of halogens is 4. The molecule has 1 N–H and O–H groups in total. The Labute approximate surface area is 248 Å². The van der Waals surface area contributed by atoms with Crippen molar-refractivity contribution in [3.05, 3.63) is 53.3 Å². The van der Waals surface area contributed by atoms with Gasteiger partial charge in [-0.3, -0.25) is 19.4 Å². The van der Waals surface area contributed by atoms with Gasteiger partial charge in [0.25, 0.3) is 0 Å². The molecule has 2 aromatic rings. The van der Waals surface area contributed by atoms with E-state index in [1.807, 2.05) is 13.8 Å². The highest BCUT2D eigenvalue weighted by molar-refractivity contribution is 6.03. The molecule has 0 aromatic heterocycles. The number of anilines is 2. The molecule has 1 atom stereocenters. The van der Waals surface area contributed by atoms with Crippen LogP contribution in [-0.4, -0.2) is 62.5 Å². The zero-order valence-corrected chi connectivity index (χ0v) is 25.0. The van der Waals surface area contributed by atoms with Gasteiger partial charge in [-0.1, -0.05) is 44.2 Å². The summed E-state index contributed by atoms with van der Waals surface area (Å²) in [4.78, 5) is 39.3. The van der Waals surface area contributed by atoms with Crippen LogP contribution in [0.25, 0.3) is 0 Å². The number of carbonyl (C=O) groups excluding carboxylic acids is 3. The van der Waals surface area contributed by atoms with Gasteiger partial charge in [0.15, 0.2) is 5.82 Å². The Morgan fingerprint density at radius 1 is 1.12 bits per heavy atom. The zero-order chi connectivity index (χ0) is 32.1. The van der Waals surface area contributed by atoms with Crippen LogP contribution < -0.4 is 19.9 Å². The van der Waals surface area contributed by atoms with Gasteiger partial charge >= 0.3 is 24.1 Å². The number of benzene rings is 2. The third kappa shape index (κ3) is 8.59. The van der Waals surface area contributed by atoms with E-state index in [1.165, 1.54) is 11.0 Å². The molecule has 2 amide bonds. The second-order valence-electron chi connectivity index (χ2n) is 11.5. The van der Waals surface area contributed by atoms with E-state index in [1.54, 1.807) is 51.1 Å². The van der Waals surface area contributed by atoms with Gasteiger partial charge in [0.05, 0.1) is 18.8 Å². The van der Waals surface area contributed by atoms with Gasteiger partial charge < -0.3 is 19.5 Å². The van der Waals surface area contributed by atoms with E-state index in [0.29, 0.717) is 12.1 Å². The first kappa shape index (κ1) is 33.6. The predicted molar refractivity (Wildman–Crippen MR) is 152 cm³/mol. The highest BCUT2D eigenvalue weighted by Crippen LogP contribution is 2.45. The van der Waals surface area contributed by atoms with Crippen LogP contribution in [0.1, 0.15) is 45.7 Å². The van der Waals surface area contributed by atoms with E-state index in [0.717, 1.165) is 7.11 Å². The van der Waals surface area contributed by atoms with Gasteiger partial charge in [-0.15, -0.1) is 0 Å². The summed E-state index contributed by atoms with van der Waals surface area (Å²) < 4.78 is 73.6. The number of alkyl halides is 3. The minimum absolute atomic E-state index is 0.0207. The van der Waals surface area contributed by atoms with Crippen molar-refractivity contribution in [2.24, 2.45) is 5.92 Å². The topological polar surface area (TPSA) is 97.4 Å². The van der Waals surface area contributed by atoms with Gasteiger partial charge in [0, 0.05) is 18.2 Å². The van der Waals surface area contributed by atoms with Gasteiger partial charge in [0.1, 0.15) is 30.2 Å². The molecule has 236 valence electrons. The van der Waals surface area contributed by atoms with E-state index in [-0.39, 0.29) is 41.6 Å². The van der Waals surface area contributed by atoms with Gasteiger partial charge in [-0.25, -0.2) is 9.18 Å². The molecule has 0 saturated carbocycles. The maximum Gasteiger partial charge on any atom is 0.471 e. The Hall–Kier alpha value is -3.87. The smallest absolute Gasteiger partial charge is 0.471 e. The van der Waals surface area contributed by atoms with Crippen LogP contribution in [0.15, 0.2) is 36.4 Å². The monoisotopic (exact) mass is 611 g/mol. The second-order valence-corrected chi connectivity index (χ2v) is 11.5. The standard InChI is InChI=1S/C30H37F4N3O6/c1-18(2)14-35-15-20-12-21-22(37(20)28(40)43-29(3,4)5)13-23(42-17-19-10-8-7-9-11-19)26(25(21)31)36(16-24(38)41-6)27(39)30(32,33)34/h7-11,13,18,20,35H,12,14-17H2,1-6H3/t20-/m0/s1. The van der Waals surface area contributed by atoms with Crippen LogP contribution in [0.2, 0.25) is 0 Å². The number of nitrogens with one attached hydrogen (secondary N) is 1. The summed E-state index contributed by atoms with van der Waals surface area (Å²) in [6, 6.07) is 9.05. The number of nitrogens with zero attached hydrogens (tertiary/aromatic N) is 2. The fourth-order valence-electron chi connectivity index (χ4n) is 4.53. The lowest BCUT2D eigenvalue weighted by Crippen LogP contribution is -2.46. The molecule has 0 aliphatic carbocycles. The summed E-state index contributed by atoms with van der Waals surface area (Å²) in [6.45, 7) is 8.31. The normalized spacial score (nSPS) is 14.9. The van der Waals surface area contributed by atoms with Crippen LogP contribution in [0.5, 0.6) is 5.75 Å². The van der Waals surface area contributed by atoms with Crippen LogP contribution in [0.4, 0.5) is 33.7 Å². The number of amides is 2. The van der Waals surface area contributed by atoms with Crippen LogP contribution in [0.3, 0.4) is 0 Å². The van der Waals surface area contributed by atoms with Crippen molar-refractivity contribution in [2.45, 2.75) is 65.5 Å². The van der Waals surface area contributed by atoms with Crippen molar-refractivity contribution in [3.8, 4) is 5.75 Å². The highest BCUT2D eigenvalue weighted by Gasteiger charge is 2.47.